The number of nitriles is 2. The van der Waals surface area contributed by atoms with Crippen LogP contribution in [0.5, 0.6) is 0 Å². The SMILES string of the molecule is CN1c2cc(C#N)ccc2N2CC[C@@H](NC(=O)C(F)(F)F)C[C@@H]2c2c(C#N)cccc21. The van der Waals surface area contributed by atoms with Crippen molar-refractivity contribution in [1.29, 1.82) is 10.5 Å². The zero-order chi connectivity index (χ0) is 22.3. The van der Waals surface area contributed by atoms with Crippen molar-refractivity contribution in [2.24, 2.45) is 0 Å². The summed E-state index contributed by atoms with van der Waals surface area (Å²) in [5, 5.41) is 21.2. The van der Waals surface area contributed by atoms with Gasteiger partial charge < -0.3 is 15.1 Å². The van der Waals surface area contributed by atoms with Gasteiger partial charge in [-0.25, -0.2) is 0 Å². The van der Waals surface area contributed by atoms with Gasteiger partial charge in [-0.2, -0.15) is 23.7 Å². The molecule has 2 heterocycles. The lowest BCUT2D eigenvalue weighted by Gasteiger charge is -2.41. The van der Waals surface area contributed by atoms with Gasteiger partial charge in [0, 0.05) is 30.9 Å². The number of anilines is 3. The van der Waals surface area contributed by atoms with E-state index in [2.05, 4.69) is 22.4 Å². The van der Waals surface area contributed by atoms with Gasteiger partial charge in [-0.05, 0) is 43.2 Å². The Bertz CT molecular complexity index is 1130. The summed E-state index contributed by atoms with van der Waals surface area (Å²) in [6.07, 6.45) is -4.40. The molecule has 1 amide bonds. The lowest BCUT2D eigenvalue weighted by molar-refractivity contribution is -0.174. The van der Waals surface area contributed by atoms with Gasteiger partial charge in [0.2, 0.25) is 0 Å². The van der Waals surface area contributed by atoms with Crippen LogP contribution in [0.25, 0.3) is 0 Å². The molecule has 2 aliphatic rings. The molecule has 1 N–H and O–H groups in total. The maximum Gasteiger partial charge on any atom is 0.471 e. The van der Waals surface area contributed by atoms with Crippen LogP contribution in [0.1, 0.15) is 35.6 Å². The first kappa shape index (κ1) is 20.5. The van der Waals surface area contributed by atoms with E-state index in [1.54, 1.807) is 24.3 Å². The summed E-state index contributed by atoms with van der Waals surface area (Å²) in [7, 11) is 1.83. The summed E-state index contributed by atoms with van der Waals surface area (Å²) < 4.78 is 38.3. The molecule has 31 heavy (non-hydrogen) atoms. The summed E-state index contributed by atoms with van der Waals surface area (Å²) in [6, 6.07) is 13.8. The van der Waals surface area contributed by atoms with Gasteiger partial charge in [0.05, 0.1) is 40.7 Å². The molecule has 0 aliphatic carbocycles. The van der Waals surface area contributed by atoms with E-state index in [-0.39, 0.29) is 6.42 Å². The molecule has 1 fully saturated rings. The number of carbonyl (C=O) groups excluding carboxylic acids is 1. The molecular formula is C22H18F3N5O. The first-order valence-electron chi connectivity index (χ1n) is 9.69. The molecule has 0 aromatic heterocycles. The molecule has 1 saturated heterocycles. The van der Waals surface area contributed by atoms with Gasteiger partial charge in [-0.3, -0.25) is 4.79 Å². The fourth-order valence-electron chi connectivity index (χ4n) is 4.45. The lowest BCUT2D eigenvalue weighted by Crippen LogP contribution is -2.49. The molecule has 9 heteroatoms. The zero-order valence-corrected chi connectivity index (χ0v) is 16.6. The topological polar surface area (TPSA) is 83.2 Å². The first-order valence-corrected chi connectivity index (χ1v) is 9.69. The third-order valence-electron chi connectivity index (χ3n) is 5.87. The Morgan fingerprint density at radius 1 is 1.13 bits per heavy atom. The average Bonchev–Trinajstić information content (AvgIpc) is 2.86. The number of rotatable bonds is 1. The van der Waals surface area contributed by atoms with Crippen molar-refractivity contribution in [2.75, 3.05) is 23.4 Å². The van der Waals surface area contributed by atoms with Crippen molar-refractivity contribution >= 4 is 23.0 Å². The van der Waals surface area contributed by atoms with Gasteiger partial charge >= 0.3 is 12.1 Å². The van der Waals surface area contributed by atoms with Crippen LogP contribution in [0.3, 0.4) is 0 Å². The molecule has 2 atom stereocenters. The van der Waals surface area contributed by atoms with Crippen LogP contribution in [0, 0.1) is 22.7 Å². The summed E-state index contributed by atoms with van der Waals surface area (Å²) in [6.45, 7) is 0.388. The molecule has 2 aromatic carbocycles. The molecule has 2 aliphatic heterocycles. The van der Waals surface area contributed by atoms with Gasteiger partial charge in [0.1, 0.15) is 0 Å². The minimum atomic E-state index is -4.95. The van der Waals surface area contributed by atoms with Crippen LogP contribution in [-0.2, 0) is 4.79 Å². The van der Waals surface area contributed by atoms with Gasteiger partial charge in [0.15, 0.2) is 0 Å². The predicted octanol–water partition coefficient (Wildman–Crippen LogP) is 3.90. The van der Waals surface area contributed by atoms with E-state index >= 15 is 0 Å². The van der Waals surface area contributed by atoms with Crippen molar-refractivity contribution in [1.82, 2.24) is 5.32 Å². The second-order valence-electron chi connectivity index (χ2n) is 7.63. The number of alkyl halides is 3. The van der Waals surface area contributed by atoms with Crippen molar-refractivity contribution in [3.05, 3.63) is 53.1 Å². The number of nitrogens with one attached hydrogen (secondary N) is 1. The van der Waals surface area contributed by atoms with E-state index in [9.17, 15) is 28.5 Å². The maximum atomic E-state index is 12.8. The van der Waals surface area contributed by atoms with Crippen LogP contribution in [0.2, 0.25) is 0 Å². The van der Waals surface area contributed by atoms with Crippen molar-refractivity contribution in [2.45, 2.75) is 31.1 Å². The van der Waals surface area contributed by atoms with Crippen LogP contribution in [-0.4, -0.2) is 31.7 Å². The van der Waals surface area contributed by atoms with Gasteiger partial charge in [-0.15, -0.1) is 0 Å². The highest BCUT2D eigenvalue weighted by atomic mass is 19.4. The third kappa shape index (κ3) is 3.53. The molecule has 158 valence electrons. The van der Waals surface area contributed by atoms with E-state index in [0.29, 0.717) is 29.7 Å². The van der Waals surface area contributed by atoms with Gasteiger partial charge in [0.25, 0.3) is 0 Å². The van der Waals surface area contributed by atoms with E-state index < -0.39 is 24.2 Å². The Hall–Kier alpha value is -3.72. The third-order valence-corrected chi connectivity index (χ3v) is 5.87. The second-order valence-corrected chi connectivity index (χ2v) is 7.63. The Labute approximate surface area is 177 Å². The minimum absolute atomic E-state index is 0.223. The van der Waals surface area contributed by atoms with Crippen LogP contribution < -0.4 is 15.1 Å². The summed E-state index contributed by atoms with van der Waals surface area (Å²) >= 11 is 0. The molecule has 0 radical (unpaired) electrons. The van der Waals surface area contributed by atoms with E-state index in [1.165, 1.54) is 0 Å². The number of benzene rings is 2. The van der Waals surface area contributed by atoms with E-state index in [0.717, 1.165) is 17.1 Å². The largest absolute Gasteiger partial charge is 0.471 e. The van der Waals surface area contributed by atoms with Crippen LogP contribution in [0.4, 0.5) is 30.2 Å². The standard InChI is InChI=1S/C22H18F3N5O/c1-29-17-4-2-3-14(12-27)20(17)19-10-15(28-21(31)22(23,24)25)7-8-30(19)16-6-5-13(11-26)9-18(16)29/h2-6,9,15,19H,7-8,10H2,1H3,(H,28,31)/t15-,19-/m1/s1. The molecule has 0 spiro atoms. The number of piperidine rings is 1. The minimum Gasteiger partial charge on any atom is -0.363 e. The Balaban J connectivity index is 1.83. The normalized spacial score (nSPS) is 19.8. The summed E-state index contributed by atoms with van der Waals surface area (Å²) in [4.78, 5) is 15.5. The zero-order valence-electron chi connectivity index (χ0n) is 16.6. The number of fused-ring (bicyclic) bond motifs is 5. The fraction of sp³-hybridized carbons (Fsp3) is 0.318. The molecule has 6 nitrogen and oxygen atoms in total. The number of amides is 1. The molecule has 2 aromatic rings. The van der Waals surface area contributed by atoms with Crippen molar-refractivity contribution in [3.8, 4) is 12.1 Å². The quantitative estimate of drug-likeness (QED) is 0.749. The van der Waals surface area contributed by atoms with Gasteiger partial charge in [-0.1, -0.05) is 6.07 Å². The fourth-order valence-corrected chi connectivity index (χ4v) is 4.45. The monoisotopic (exact) mass is 425 g/mol. The smallest absolute Gasteiger partial charge is 0.363 e. The Kier molecular flexibility index (Phi) is 4.98. The van der Waals surface area contributed by atoms with Crippen molar-refractivity contribution < 1.29 is 18.0 Å². The lowest BCUT2D eigenvalue weighted by atomic mass is 9.88. The summed E-state index contributed by atoms with van der Waals surface area (Å²) in [5.41, 5.74) is 3.95. The number of hydrogen-bond acceptors (Lipinski definition) is 5. The Morgan fingerprint density at radius 3 is 2.58 bits per heavy atom. The Morgan fingerprint density at radius 2 is 1.90 bits per heavy atom. The first-order chi connectivity index (χ1) is 14.7. The predicted molar refractivity (Wildman–Crippen MR) is 108 cm³/mol. The van der Waals surface area contributed by atoms with Crippen LogP contribution in [0.15, 0.2) is 36.4 Å². The van der Waals surface area contributed by atoms with E-state index in [4.69, 9.17) is 0 Å². The molecular weight excluding hydrogens is 407 g/mol. The maximum absolute atomic E-state index is 12.8. The highest BCUT2D eigenvalue weighted by molar-refractivity contribution is 5.84. The highest BCUT2D eigenvalue weighted by Crippen LogP contribution is 2.49. The number of nitrogens with zero attached hydrogens (tertiary/aromatic N) is 4. The second kappa shape index (κ2) is 7.51. The summed E-state index contributed by atoms with van der Waals surface area (Å²) in [5.74, 6) is -1.95. The van der Waals surface area contributed by atoms with Crippen molar-refractivity contribution in [3.63, 3.8) is 0 Å². The molecule has 0 unspecified atom stereocenters. The number of halogens is 3. The average molecular weight is 425 g/mol. The number of carbonyl (C=O) groups is 1. The highest BCUT2D eigenvalue weighted by Gasteiger charge is 2.42. The molecule has 0 bridgehead atoms. The number of hydrogen-bond donors (Lipinski definition) is 1. The van der Waals surface area contributed by atoms with Crippen LogP contribution >= 0.6 is 0 Å². The molecule has 4 rings (SSSR count). The van der Waals surface area contributed by atoms with E-state index in [1.807, 2.05) is 24.1 Å². The molecule has 0 saturated carbocycles.